The first kappa shape index (κ1) is 15.5. The van der Waals surface area contributed by atoms with E-state index in [2.05, 4.69) is 15.5 Å². The normalized spacial score (nSPS) is 10.8. The highest BCUT2D eigenvalue weighted by Crippen LogP contribution is 2.21. The van der Waals surface area contributed by atoms with E-state index >= 15 is 0 Å². The van der Waals surface area contributed by atoms with Gasteiger partial charge in [0, 0.05) is 17.1 Å². The molecule has 0 aliphatic rings. The average Bonchev–Trinajstić information content (AvgIpc) is 2.61. The van der Waals surface area contributed by atoms with Gasteiger partial charge in [-0.2, -0.15) is 5.10 Å². The Bertz CT molecular complexity index is 888. The molecule has 1 aromatic heterocycles. The largest absolute Gasteiger partial charge is 0.546 e. The summed E-state index contributed by atoms with van der Waals surface area (Å²) < 4.78 is 5.18. The summed E-state index contributed by atoms with van der Waals surface area (Å²) in [5, 5.41) is 15.7. The van der Waals surface area contributed by atoms with E-state index in [1.807, 2.05) is 36.4 Å². The number of hydrazone groups is 1. The van der Waals surface area contributed by atoms with Crippen molar-refractivity contribution in [2.45, 2.75) is 0 Å². The molecule has 0 saturated heterocycles. The van der Waals surface area contributed by atoms with Crippen LogP contribution < -0.4 is 15.3 Å². The zero-order chi connectivity index (χ0) is 16.8. The fourth-order valence-electron chi connectivity index (χ4n) is 2.22. The summed E-state index contributed by atoms with van der Waals surface area (Å²) in [7, 11) is 0. The molecule has 1 N–H and O–H groups in total. The second kappa shape index (κ2) is 7.23. The molecule has 0 atom stereocenters. The zero-order valence-electron chi connectivity index (χ0n) is 12.7. The minimum absolute atomic E-state index is 0.420. The van der Waals surface area contributed by atoms with Gasteiger partial charge in [-0.15, -0.1) is 0 Å². The van der Waals surface area contributed by atoms with Crippen molar-refractivity contribution in [3.8, 4) is 5.75 Å². The molecule has 0 bridgehead atoms. The van der Waals surface area contributed by atoms with Gasteiger partial charge in [0.2, 0.25) is 0 Å². The molecule has 6 heteroatoms. The van der Waals surface area contributed by atoms with Crippen LogP contribution in [0.3, 0.4) is 0 Å². The molecule has 0 aliphatic carbocycles. The Hall–Kier alpha value is -3.41. The van der Waals surface area contributed by atoms with Crippen LogP contribution in [0.4, 0.5) is 5.69 Å². The molecule has 0 aliphatic heterocycles. The topological polar surface area (TPSA) is 86.6 Å². The van der Waals surface area contributed by atoms with Crippen molar-refractivity contribution in [2.75, 3.05) is 12.0 Å². The fraction of sp³-hybridized carbons (Fsp3) is 0.0556. The quantitative estimate of drug-likeness (QED) is 0.553. The Balaban J connectivity index is 1.78. The number of carboxylic acid groups (broad SMARTS) is 1. The minimum atomic E-state index is -1.28. The number of aromatic nitrogens is 1. The van der Waals surface area contributed by atoms with Gasteiger partial charge in [-0.1, -0.05) is 30.3 Å². The van der Waals surface area contributed by atoms with Crippen LogP contribution in [-0.4, -0.2) is 23.8 Å². The number of para-hydroxylation sites is 2. The maximum atomic E-state index is 10.5. The summed E-state index contributed by atoms with van der Waals surface area (Å²) in [6, 6.07) is 16.6. The number of carbonyl (C=O) groups is 1. The number of hydrogen-bond donors (Lipinski definition) is 1. The van der Waals surface area contributed by atoms with Crippen molar-refractivity contribution in [3.05, 3.63) is 66.4 Å². The lowest BCUT2D eigenvalue weighted by Gasteiger charge is -2.09. The van der Waals surface area contributed by atoms with Crippen LogP contribution in [0.2, 0.25) is 0 Å². The summed E-state index contributed by atoms with van der Waals surface area (Å²) in [5.41, 5.74) is 5.20. The van der Waals surface area contributed by atoms with Crippen molar-refractivity contribution in [1.82, 2.24) is 4.98 Å². The van der Waals surface area contributed by atoms with E-state index < -0.39 is 12.6 Å². The summed E-state index contributed by atoms with van der Waals surface area (Å²) in [6.45, 7) is -0.508. The van der Waals surface area contributed by atoms with Crippen LogP contribution in [-0.2, 0) is 4.79 Å². The monoisotopic (exact) mass is 320 g/mol. The Morgan fingerprint density at radius 1 is 1.17 bits per heavy atom. The summed E-state index contributed by atoms with van der Waals surface area (Å²) in [4.78, 5) is 14.9. The minimum Gasteiger partial charge on any atom is -0.546 e. The van der Waals surface area contributed by atoms with E-state index in [4.69, 9.17) is 4.74 Å². The van der Waals surface area contributed by atoms with E-state index in [-0.39, 0.29) is 0 Å². The van der Waals surface area contributed by atoms with Gasteiger partial charge in [0.05, 0.1) is 23.4 Å². The number of fused-ring (bicyclic) bond motifs is 1. The summed E-state index contributed by atoms with van der Waals surface area (Å²) >= 11 is 0. The summed E-state index contributed by atoms with van der Waals surface area (Å²) in [6.07, 6.45) is 3.28. The van der Waals surface area contributed by atoms with E-state index in [0.29, 0.717) is 11.3 Å². The van der Waals surface area contributed by atoms with Gasteiger partial charge in [-0.3, -0.25) is 10.4 Å². The highest BCUT2D eigenvalue weighted by Gasteiger charge is 2.02. The number of anilines is 1. The van der Waals surface area contributed by atoms with Crippen molar-refractivity contribution < 1.29 is 14.6 Å². The highest BCUT2D eigenvalue weighted by atomic mass is 16.5. The molecule has 0 spiro atoms. The van der Waals surface area contributed by atoms with Gasteiger partial charge in [-0.25, -0.2) is 0 Å². The average molecular weight is 320 g/mol. The van der Waals surface area contributed by atoms with E-state index in [0.717, 1.165) is 16.6 Å². The predicted molar refractivity (Wildman–Crippen MR) is 89.9 cm³/mol. The second-order valence-electron chi connectivity index (χ2n) is 4.95. The van der Waals surface area contributed by atoms with Crippen molar-refractivity contribution in [1.29, 1.82) is 0 Å². The van der Waals surface area contributed by atoms with Gasteiger partial charge in [0.15, 0.2) is 0 Å². The molecule has 120 valence electrons. The first-order chi connectivity index (χ1) is 11.7. The lowest BCUT2D eigenvalue weighted by atomic mass is 10.2. The Morgan fingerprint density at radius 3 is 2.88 bits per heavy atom. The smallest absolute Gasteiger partial charge is 0.128 e. The van der Waals surface area contributed by atoms with Gasteiger partial charge < -0.3 is 14.6 Å². The molecular weight excluding hydrogens is 306 g/mol. The first-order valence-electron chi connectivity index (χ1n) is 7.28. The third kappa shape index (κ3) is 3.67. The third-order valence-electron chi connectivity index (χ3n) is 3.29. The number of nitrogens with zero attached hydrogens (tertiary/aromatic N) is 2. The first-order valence-corrected chi connectivity index (χ1v) is 7.28. The molecule has 1 heterocycles. The van der Waals surface area contributed by atoms with E-state index in [1.165, 1.54) is 0 Å². The molecule has 2 aromatic carbocycles. The van der Waals surface area contributed by atoms with Crippen LogP contribution in [0.5, 0.6) is 5.75 Å². The summed E-state index contributed by atoms with van der Waals surface area (Å²) in [5.74, 6) is -0.856. The number of nitrogens with one attached hydrogen (secondary N) is 1. The van der Waals surface area contributed by atoms with E-state index in [1.54, 1.807) is 30.6 Å². The maximum absolute atomic E-state index is 10.5. The maximum Gasteiger partial charge on any atom is 0.128 e. The molecule has 24 heavy (non-hydrogen) atoms. The number of rotatable bonds is 6. The molecule has 3 rings (SSSR count). The fourth-order valence-corrected chi connectivity index (χ4v) is 2.22. The Labute approximate surface area is 138 Å². The Kier molecular flexibility index (Phi) is 4.67. The molecular formula is C18H14N3O3-. The van der Waals surface area contributed by atoms with Gasteiger partial charge >= 0.3 is 0 Å². The molecule has 3 aromatic rings. The molecule has 0 saturated carbocycles. The van der Waals surface area contributed by atoms with Gasteiger partial charge in [0.25, 0.3) is 0 Å². The van der Waals surface area contributed by atoms with E-state index in [9.17, 15) is 9.90 Å². The standard InChI is InChI=1S/C18H15N3O3/c22-17(23)12-24-16-9-2-1-5-14(16)11-20-21-15-8-3-6-13-7-4-10-19-18(13)15/h1-11,21H,12H2,(H,22,23)/p-1/b20-11-. The highest BCUT2D eigenvalue weighted by molar-refractivity contribution is 5.91. The van der Waals surface area contributed by atoms with Crippen molar-refractivity contribution in [3.63, 3.8) is 0 Å². The number of hydrogen-bond acceptors (Lipinski definition) is 6. The number of carboxylic acids is 1. The van der Waals surface area contributed by atoms with Crippen LogP contribution in [0, 0.1) is 0 Å². The molecule has 0 fully saturated rings. The Morgan fingerprint density at radius 2 is 2.00 bits per heavy atom. The number of carbonyl (C=O) groups excluding carboxylic acids is 1. The van der Waals surface area contributed by atoms with Gasteiger partial charge in [0.1, 0.15) is 12.4 Å². The molecule has 6 nitrogen and oxygen atoms in total. The third-order valence-corrected chi connectivity index (χ3v) is 3.29. The SMILES string of the molecule is O=C([O-])COc1ccccc1/C=N\Nc1cccc2cccnc12. The van der Waals surface area contributed by atoms with Crippen LogP contribution in [0.15, 0.2) is 65.9 Å². The molecule has 0 radical (unpaired) electrons. The lowest BCUT2D eigenvalue weighted by Crippen LogP contribution is -2.29. The molecule has 0 unspecified atom stereocenters. The van der Waals surface area contributed by atoms with Crippen molar-refractivity contribution >= 4 is 28.8 Å². The van der Waals surface area contributed by atoms with Crippen molar-refractivity contribution in [2.24, 2.45) is 5.10 Å². The van der Waals surface area contributed by atoms with Crippen LogP contribution in [0.1, 0.15) is 5.56 Å². The molecule has 0 amide bonds. The second-order valence-corrected chi connectivity index (χ2v) is 4.95. The lowest BCUT2D eigenvalue weighted by molar-refractivity contribution is -0.307. The van der Waals surface area contributed by atoms with Gasteiger partial charge in [-0.05, 0) is 24.3 Å². The predicted octanol–water partition coefficient (Wildman–Crippen LogP) is 1.81. The van der Waals surface area contributed by atoms with Crippen LogP contribution >= 0.6 is 0 Å². The number of pyridine rings is 1. The van der Waals surface area contributed by atoms with Crippen LogP contribution in [0.25, 0.3) is 10.9 Å². The number of ether oxygens (including phenoxy) is 1. The number of aliphatic carboxylic acids is 1. The number of benzene rings is 2. The zero-order valence-corrected chi connectivity index (χ0v) is 12.7.